The summed E-state index contributed by atoms with van der Waals surface area (Å²) < 4.78 is 24.1. The maximum absolute atomic E-state index is 12.1. The Morgan fingerprint density at radius 3 is 2.78 bits per heavy atom. The number of sulfone groups is 1. The fourth-order valence-corrected chi connectivity index (χ4v) is 5.04. The van der Waals surface area contributed by atoms with E-state index < -0.39 is 15.2 Å². The summed E-state index contributed by atoms with van der Waals surface area (Å²) in [5, 5.41) is 3.27. The van der Waals surface area contributed by atoms with Gasteiger partial charge in [-0.05, 0) is 18.1 Å². The highest BCUT2D eigenvalue weighted by molar-refractivity contribution is 8.01. The highest BCUT2D eigenvalue weighted by Crippen LogP contribution is 2.21. The van der Waals surface area contributed by atoms with E-state index in [2.05, 4.69) is 19.2 Å². The molecular formula is C11H22N2O2S3. The third-order valence-electron chi connectivity index (χ3n) is 2.82. The van der Waals surface area contributed by atoms with Crippen LogP contribution in [0.3, 0.4) is 0 Å². The molecule has 1 heterocycles. The fraction of sp³-hybridized carbons (Fsp3) is 0.909. The summed E-state index contributed by atoms with van der Waals surface area (Å²) in [4.78, 5) is 1.84. The van der Waals surface area contributed by atoms with E-state index in [1.54, 1.807) is 18.7 Å². The Morgan fingerprint density at radius 2 is 2.22 bits per heavy atom. The number of nitrogens with zero attached hydrogens (tertiary/aromatic N) is 1. The zero-order valence-corrected chi connectivity index (χ0v) is 13.6. The van der Waals surface area contributed by atoms with Gasteiger partial charge in [0, 0.05) is 30.3 Å². The first-order chi connectivity index (χ1) is 8.38. The standard InChI is InChI=1S/C11H22N2O2S3/c1-4-18(14,15)10-8-17-6-5-13(10)11(16)12-7-9(2)3/h9-10H,4-8H2,1-3H3,(H,12,16). The molecule has 0 aliphatic carbocycles. The third-order valence-corrected chi connectivity index (χ3v) is 6.49. The highest BCUT2D eigenvalue weighted by Gasteiger charge is 2.34. The summed E-state index contributed by atoms with van der Waals surface area (Å²) in [6, 6.07) is 0. The number of nitrogens with one attached hydrogen (secondary N) is 1. The molecular weight excluding hydrogens is 288 g/mol. The number of rotatable bonds is 4. The predicted molar refractivity (Wildman–Crippen MR) is 82.7 cm³/mol. The van der Waals surface area contributed by atoms with Gasteiger partial charge >= 0.3 is 0 Å². The van der Waals surface area contributed by atoms with Gasteiger partial charge in [0.2, 0.25) is 0 Å². The lowest BCUT2D eigenvalue weighted by molar-refractivity contribution is 0.399. The maximum Gasteiger partial charge on any atom is 0.171 e. The van der Waals surface area contributed by atoms with Crippen molar-refractivity contribution >= 4 is 38.9 Å². The Hall–Kier alpha value is -0.0100. The molecule has 0 aromatic rings. The van der Waals surface area contributed by atoms with Crippen LogP contribution in [0.15, 0.2) is 0 Å². The minimum atomic E-state index is -3.08. The molecule has 1 aliphatic rings. The van der Waals surface area contributed by atoms with E-state index in [4.69, 9.17) is 12.2 Å². The number of hydrogen-bond acceptors (Lipinski definition) is 4. The van der Waals surface area contributed by atoms with Crippen LogP contribution in [0.2, 0.25) is 0 Å². The van der Waals surface area contributed by atoms with Crippen molar-refractivity contribution in [1.82, 2.24) is 10.2 Å². The molecule has 1 aliphatic heterocycles. The monoisotopic (exact) mass is 310 g/mol. The lowest BCUT2D eigenvalue weighted by Gasteiger charge is -2.36. The number of thioether (sulfide) groups is 1. The molecule has 0 spiro atoms. The van der Waals surface area contributed by atoms with Crippen LogP contribution in [-0.4, -0.2) is 54.2 Å². The van der Waals surface area contributed by atoms with Gasteiger partial charge in [0.1, 0.15) is 5.37 Å². The van der Waals surface area contributed by atoms with Crippen molar-refractivity contribution in [2.75, 3.05) is 30.3 Å². The van der Waals surface area contributed by atoms with Crippen LogP contribution in [0.25, 0.3) is 0 Å². The molecule has 0 radical (unpaired) electrons. The van der Waals surface area contributed by atoms with Crippen molar-refractivity contribution in [2.24, 2.45) is 5.92 Å². The third kappa shape index (κ3) is 4.28. The van der Waals surface area contributed by atoms with Crippen molar-refractivity contribution in [3.05, 3.63) is 0 Å². The Kier molecular flexibility index (Phi) is 6.20. The molecule has 1 rings (SSSR count). The molecule has 0 saturated carbocycles. The summed E-state index contributed by atoms with van der Waals surface area (Å²) >= 11 is 7.01. The minimum absolute atomic E-state index is 0.168. The highest BCUT2D eigenvalue weighted by atomic mass is 32.2. The van der Waals surface area contributed by atoms with Gasteiger partial charge in [-0.2, -0.15) is 11.8 Å². The van der Waals surface area contributed by atoms with Crippen LogP contribution in [0.1, 0.15) is 20.8 Å². The zero-order valence-electron chi connectivity index (χ0n) is 11.2. The SMILES string of the molecule is CCS(=O)(=O)C1CSCCN1C(=S)NCC(C)C. The minimum Gasteiger partial charge on any atom is -0.362 e. The topological polar surface area (TPSA) is 49.4 Å². The zero-order chi connectivity index (χ0) is 13.8. The molecule has 1 atom stereocenters. The molecule has 0 aromatic heterocycles. The second-order valence-electron chi connectivity index (χ2n) is 4.75. The van der Waals surface area contributed by atoms with Crippen molar-refractivity contribution in [2.45, 2.75) is 26.1 Å². The lowest BCUT2D eigenvalue weighted by atomic mass is 10.2. The fourth-order valence-electron chi connectivity index (χ4n) is 1.70. The number of hydrogen-bond donors (Lipinski definition) is 1. The molecule has 7 heteroatoms. The van der Waals surface area contributed by atoms with E-state index in [0.717, 1.165) is 12.3 Å². The Balaban J connectivity index is 2.73. The van der Waals surface area contributed by atoms with Gasteiger partial charge < -0.3 is 10.2 Å². The van der Waals surface area contributed by atoms with Crippen LogP contribution in [0.5, 0.6) is 0 Å². The summed E-state index contributed by atoms with van der Waals surface area (Å²) in [7, 11) is -3.08. The van der Waals surface area contributed by atoms with Gasteiger partial charge in [-0.25, -0.2) is 8.42 Å². The van der Waals surface area contributed by atoms with E-state index in [-0.39, 0.29) is 5.75 Å². The normalized spacial score (nSPS) is 21.1. The van der Waals surface area contributed by atoms with E-state index in [9.17, 15) is 8.42 Å². The molecule has 1 saturated heterocycles. The van der Waals surface area contributed by atoms with Gasteiger partial charge in [0.15, 0.2) is 14.9 Å². The van der Waals surface area contributed by atoms with Crippen LogP contribution in [-0.2, 0) is 9.84 Å². The Bertz CT molecular complexity index is 382. The molecule has 0 amide bonds. The van der Waals surface area contributed by atoms with Gasteiger partial charge in [-0.1, -0.05) is 20.8 Å². The average Bonchev–Trinajstić information content (AvgIpc) is 2.36. The van der Waals surface area contributed by atoms with Gasteiger partial charge in [-0.3, -0.25) is 0 Å². The predicted octanol–water partition coefficient (Wildman–Crippen LogP) is 1.33. The van der Waals surface area contributed by atoms with Crippen LogP contribution < -0.4 is 5.32 Å². The Morgan fingerprint density at radius 1 is 1.56 bits per heavy atom. The molecule has 0 aromatic carbocycles. The molecule has 4 nitrogen and oxygen atoms in total. The van der Waals surface area contributed by atoms with Crippen molar-refractivity contribution < 1.29 is 8.42 Å². The van der Waals surface area contributed by atoms with E-state index in [1.165, 1.54) is 0 Å². The largest absolute Gasteiger partial charge is 0.362 e. The second-order valence-corrected chi connectivity index (χ2v) is 8.74. The first-order valence-electron chi connectivity index (χ1n) is 6.22. The molecule has 1 unspecified atom stereocenters. The molecule has 18 heavy (non-hydrogen) atoms. The van der Waals surface area contributed by atoms with Crippen molar-refractivity contribution in [3.63, 3.8) is 0 Å². The summed E-state index contributed by atoms with van der Waals surface area (Å²) in [6.07, 6.45) is 0. The quantitative estimate of drug-likeness (QED) is 0.791. The first kappa shape index (κ1) is 16.0. The van der Waals surface area contributed by atoms with Crippen molar-refractivity contribution in [1.29, 1.82) is 0 Å². The lowest BCUT2D eigenvalue weighted by Crippen LogP contribution is -2.54. The van der Waals surface area contributed by atoms with Crippen LogP contribution in [0, 0.1) is 5.92 Å². The van der Waals surface area contributed by atoms with Gasteiger partial charge in [0.05, 0.1) is 0 Å². The van der Waals surface area contributed by atoms with Crippen LogP contribution >= 0.6 is 24.0 Å². The first-order valence-corrected chi connectivity index (χ1v) is 9.50. The smallest absolute Gasteiger partial charge is 0.171 e. The average molecular weight is 311 g/mol. The van der Waals surface area contributed by atoms with Gasteiger partial charge in [-0.15, -0.1) is 0 Å². The van der Waals surface area contributed by atoms with Gasteiger partial charge in [0.25, 0.3) is 0 Å². The van der Waals surface area contributed by atoms with E-state index in [0.29, 0.717) is 23.3 Å². The van der Waals surface area contributed by atoms with Crippen LogP contribution in [0.4, 0.5) is 0 Å². The molecule has 106 valence electrons. The molecule has 1 N–H and O–H groups in total. The summed E-state index contributed by atoms with van der Waals surface area (Å²) in [5.41, 5.74) is 0. The molecule has 0 bridgehead atoms. The van der Waals surface area contributed by atoms with E-state index >= 15 is 0 Å². The maximum atomic E-state index is 12.1. The van der Waals surface area contributed by atoms with E-state index in [1.807, 2.05) is 4.90 Å². The Labute approximate surface area is 120 Å². The van der Waals surface area contributed by atoms with Crippen molar-refractivity contribution in [3.8, 4) is 0 Å². The summed E-state index contributed by atoms with van der Waals surface area (Å²) in [6.45, 7) is 7.38. The number of thiocarbonyl (C=S) groups is 1. The summed E-state index contributed by atoms with van der Waals surface area (Å²) in [5.74, 6) is 2.20. The second kappa shape index (κ2) is 6.96. The molecule has 1 fully saturated rings.